The van der Waals surface area contributed by atoms with Crippen LogP contribution in [0.15, 0.2) is 36.4 Å². The Morgan fingerprint density at radius 1 is 0.873 bits per heavy atom. The van der Waals surface area contributed by atoms with E-state index < -0.39 is 34.8 Å². The van der Waals surface area contributed by atoms with Crippen LogP contribution in [0.5, 0.6) is 5.75 Å². The fourth-order valence-electron chi connectivity index (χ4n) is 13.9. The maximum Gasteiger partial charge on any atom is 0.326 e. The van der Waals surface area contributed by atoms with Crippen molar-refractivity contribution in [1.29, 1.82) is 0 Å². The number of rotatable bonds is 11. The van der Waals surface area contributed by atoms with Gasteiger partial charge in [-0.1, -0.05) is 58.9 Å². The highest BCUT2D eigenvalue weighted by molar-refractivity contribution is 5.88. The van der Waals surface area contributed by atoms with Crippen molar-refractivity contribution in [3.05, 3.63) is 42.0 Å². The number of methoxy groups -OCH3 is 1. The van der Waals surface area contributed by atoms with Crippen molar-refractivity contribution >= 4 is 23.8 Å². The number of carbonyl (C=O) groups is 4. The molecular formula is C46H67NO8. The van der Waals surface area contributed by atoms with E-state index in [0.29, 0.717) is 23.5 Å². The monoisotopic (exact) mass is 761 g/mol. The molecule has 5 fully saturated rings. The predicted octanol–water partition coefficient (Wildman–Crippen LogP) is 8.88. The van der Waals surface area contributed by atoms with Gasteiger partial charge in [0.05, 0.1) is 24.4 Å². The molecule has 9 nitrogen and oxygen atoms in total. The Kier molecular flexibility index (Phi) is 10.7. The molecule has 304 valence electrons. The molecule has 5 saturated carbocycles. The highest BCUT2D eigenvalue weighted by atomic mass is 16.5. The van der Waals surface area contributed by atoms with Gasteiger partial charge in [-0.15, -0.1) is 0 Å². The van der Waals surface area contributed by atoms with Crippen molar-refractivity contribution in [2.45, 2.75) is 145 Å². The van der Waals surface area contributed by atoms with Crippen LogP contribution < -0.4 is 10.1 Å². The molecule has 1 amide bonds. The third kappa shape index (κ3) is 6.61. The Bertz CT molecular complexity index is 1700. The van der Waals surface area contributed by atoms with E-state index in [1.807, 2.05) is 24.3 Å². The standard InChI is InChI=1S/C46H67NO8/c1-27(2)30-17-22-46(39(51)47-32(38(49)50)25-28-11-13-29(54-10)14-12-28)24-23-44(8)31(37(30)46)15-16-34-43(7)20-19-35(55-36(48)26-41(3,4)40(52)53)42(5,6)33(43)18-21-45(34,44)9/h11-14,30-35,37H,1,15-26H2,2-10H3,(H,47,51)(H,49,50)(H,52,53)/t30-,31+,32?,33-,34+,35-,37+,43-,44+,45+,46-/m0/s1. The lowest BCUT2D eigenvalue weighted by Gasteiger charge is -2.72. The molecule has 1 unspecified atom stereocenters. The first kappa shape index (κ1) is 41.3. The Hall–Kier alpha value is -3.36. The van der Waals surface area contributed by atoms with Crippen LogP contribution in [-0.2, 0) is 30.3 Å². The molecular weight excluding hydrogens is 695 g/mol. The van der Waals surface area contributed by atoms with E-state index in [2.05, 4.69) is 53.4 Å². The largest absolute Gasteiger partial charge is 0.497 e. The molecule has 1 aromatic carbocycles. The molecule has 0 spiro atoms. The van der Waals surface area contributed by atoms with Gasteiger partial charge < -0.3 is 25.0 Å². The van der Waals surface area contributed by atoms with Crippen LogP contribution in [0.1, 0.15) is 132 Å². The summed E-state index contributed by atoms with van der Waals surface area (Å²) in [6.07, 6.45) is 9.02. The SMILES string of the molecule is C=C(C)[C@@H]1CC[C@]2(C(=O)NC(Cc3ccc(OC)cc3)C(=O)O)CC[C@]3(C)[C@H](CC[C@@H]4[C@@]5(C)CC[C@H](OC(=O)CC(C)(C)C(=O)O)C(C)(C)[C@@H]5CC[C@]43C)[C@@H]12. The second kappa shape index (κ2) is 14.2. The second-order valence-corrected chi connectivity index (χ2v) is 20.5. The molecule has 0 saturated heterocycles. The molecule has 11 atom stereocenters. The number of benzene rings is 1. The van der Waals surface area contributed by atoms with Gasteiger partial charge >= 0.3 is 17.9 Å². The molecule has 55 heavy (non-hydrogen) atoms. The van der Waals surface area contributed by atoms with Crippen LogP contribution in [0, 0.1) is 62.1 Å². The van der Waals surface area contributed by atoms with Gasteiger partial charge in [0.1, 0.15) is 17.9 Å². The number of hydrogen-bond donors (Lipinski definition) is 3. The van der Waals surface area contributed by atoms with Crippen LogP contribution in [0.3, 0.4) is 0 Å². The van der Waals surface area contributed by atoms with Gasteiger partial charge in [-0.3, -0.25) is 14.4 Å². The number of carboxylic acid groups (broad SMARTS) is 2. The van der Waals surface area contributed by atoms with Crippen LogP contribution >= 0.6 is 0 Å². The van der Waals surface area contributed by atoms with E-state index in [1.165, 1.54) is 0 Å². The molecule has 5 aliphatic carbocycles. The van der Waals surface area contributed by atoms with Crippen molar-refractivity contribution in [2.75, 3.05) is 7.11 Å². The minimum Gasteiger partial charge on any atom is -0.497 e. The molecule has 5 aliphatic rings. The maximum absolute atomic E-state index is 14.8. The maximum atomic E-state index is 14.8. The fourth-order valence-corrected chi connectivity index (χ4v) is 13.9. The van der Waals surface area contributed by atoms with E-state index in [0.717, 1.165) is 75.3 Å². The summed E-state index contributed by atoms with van der Waals surface area (Å²) in [6.45, 7) is 21.8. The van der Waals surface area contributed by atoms with Gasteiger partial charge in [0.2, 0.25) is 5.91 Å². The van der Waals surface area contributed by atoms with Gasteiger partial charge in [0.15, 0.2) is 0 Å². The van der Waals surface area contributed by atoms with Crippen molar-refractivity contribution < 1.29 is 38.9 Å². The quantitative estimate of drug-likeness (QED) is 0.150. The van der Waals surface area contributed by atoms with Crippen molar-refractivity contribution in [3.8, 4) is 5.75 Å². The van der Waals surface area contributed by atoms with E-state index in [-0.39, 0.29) is 58.3 Å². The third-order valence-corrected chi connectivity index (χ3v) is 17.1. The number of aliphatic carboxylic acids is 2. The number of hydrogen-bond acceptors (Lipinski definition) is 6. The molecule has 3 N–H and O–H groups in total. The van der Waals surface area contributed by atoms with E-state index in [4.69, 9.17) is 9.47 Å². The first-order chi connectivity index (χ1) is 25.6. The van der Waals surface area contributed by atoms with E-state index >= 15 is 0 Å². The number of carbonyl (C=O) groups excluding carboxylic acids is 2. The lowest BCUT2D eigenvalue weighted by atomic mass is 9.32. The molecule has 0 bridgehead atoms. The van der Waals surface area contributed by atoms with E-state index in [1.54, 1.807) is 21.0 Å². The summed E-state index contributed by atoms with van der Waals surface area (Å²) in [4.78, 5) is 52.3. The van der Waals surface area contributed by atoms with Crippen molar-refractivity contribution in [2.24, 2.45) is 62.1 Å². The number of allylic oxidation sites excluding steroid dienone is 1. The van der Waals surface area contributed by atoms with Crippen molar-refractivity contribution in [3.63, 3.8) is 0 Å². The number of amides is 1. The summed E-state index contributed by atoms with van der Waals surface area (Å²) in [5.74, 6) is -0.431. The topological polar surface area (TPSA) is 139 Å². The summed E-state index contributed by atoms with van der Waals surface area (Å²) in [5.41, 5.74) is -0.0567. The summed E-state index contributed by atoms with van der Waals surface area (Å²) in [5, 5.41) is 23.0. The lowest BCUT2D eigenvalue weighted by molar-refractivity contribution is -0.249. The van der Waals surface area contributed by atoms with Crippen molar-refractivity contribution in [1.82, 2.24) is 5.32 Å². The lowest BCUT2D eigenvalue weighted by Crippen LogP contribution is -2.67. The summed E-state index contributed by atoms with van der Waals surface area (Å²) < 4.78 is 11.4. The van der Waals surface area contributed by atoms with Crippen LogP contribution in [0.2, 0.25) is 0 Å². The molecule has 6 rings (SSSR count). The number of esters is 1. The molecule has 0 radical (unpaired) electrons. The van der Waals surface area contributed by atoms with Gasteiger partial charge in [-0.05, 0) is 149 Å². The third-order valence-electron chi connectivity index (χ3n) is 17.1. The molecule has 0 heterocycles. The number of nitrogens with one attached hydrogen (secondary N) is 1. The average Bonchev–Trinajstić information content (AvgIpc) is 3.51. The van der Waals surface area contributed by atoms with Gasteiger partial charge in [-0.25, -0.2) is 4.79 Å². The smallest absolute Gasteiger partial charge is 0.326 e. The molecule has 9 heteroatoms. The second-order valence-electron chi connectivity index (χ2n) is 20.5. The molecule has 0 aliphatic heterocycles. The zero-order valence-electron chi connectivity index (χ0n) is 34.9. The number of carboxylic acids is 2. The van der Waals surface area contributed by atoms with Crippen LogP contribution in [0.25, 0.3) is 0 Å². The Balaban J connectivity index is 1.25. The molecule has 0 aromatic heterocycles. The summed E-state index contributed by atoms with van der Waals surface area (Å²) in [7, 11) is 1.60. The molecule has 1 aromatic rings. The number of fused-ring (bicyclic) bond motifs is 7. The normalized spacial score (nSPS) is 38.2. The zero-order chi connectivity index (χ0) is 40.5. The van der Waals surface area contributed by atoms with Gasteiger partial charge in [0, 0.05) is 11.8 Å². The highest BCUT2D eigenvalue weighted by Crippen LogP contribution is 2.77. The summed E-state index contributed by atoms with van der Waals surface area (Å²) >= 11 is 0. The zero-order valence-corrected chi connectivity index (χ0v) is 34.9. The predicted molar refractivity (Wildman–Crippen MR) is 211 cm³/mol. The van der Waals surface area contributed by atoms with E-state index in [9.17, 15) is 29.4 Å². The summed E-state index contributed by atoms with van der Waals surface area (Å²) in [6, 6.07) is 6.33. The minimum atomic E-state index is -1.18. The van der Waals surface area contributed by atoms with Crippen LogP contribution in [0.4, 0.5) is 0 Å². The Morgan fingerprint density at radius 3 is 2.15 bits per heavy atom. The van der Waals surface area contributed by atoms with Gasteiger partial charge in [0.25, 0.3) is 0 Å². The first-order valence-electron chi connectivity index (χ1n) is 20.8. The number of ether oxygens (including phenoxy) is 2. The van der Waals surface area contributed by atoms with Gasteiger partial charge in [-0.2, -0.15) is 0 Å². The average molecular weight is 762 g/mol. The minimum absolute atomic E-state index is 0.0124. The highest BCUT2D eigenvalue weighted by Gasteiger charge is 2.72. The van der Waals surface area contributed by atoms with Crippen LogP contribution in [-0.4, -0.2) is 53.3 Å². The Morgan fingerprint density at radius 2 is 1.55 bits per heavy atom. The Labute approximate surface area is 328 Å². The fraction of sp³-hybridized carbons (Fsp3) is 0.739. The first-order valence-corrected chi connectivity index (χ1v) is 20.8.